The molecule has 0 aromatic rings. The molecule has 2 aliphatic rings. The molecule has 0 bridgehead atoms. The van der Waals surface area contributed by atoms with Gasteiger partial charge in [-0.2, -0.15) is 0 Å². The second-order valence-electron chi connectivity index (χ2n) is 6.01. The highest BCUT2D eigenvalue weighted by Crippen LogP contribution is 2.39. The Morgan fingerprint density at radius 2 is 2.32 bits per heavy atom. The summed E-state index contributed by atoms with van der Waals surface area (Å²) in [4.78, 5) is 14.4. The lowest BCUT2D eigenvalue weighted by atomic mass is 9.69. The molecule has 1 aliphatic carbocycles. The SMILES string of the molecule is COCCN1CC[C@H](C(=O)NCC2(CO)CCC2)C1. The molecular formula is C14H26N2O3. The van der Waals surface area contributed by atoms with Crippen LogP contribution in [-0.2, 0) is 9.53 Å². The van der Waals surface area contributed by atoms with E-state index >= 15 is 0 Å². The monoisotopic (exact) mass is 270 g/mol. The van der Waals surface area contributed by atoms with Crippen LogP contribution in [0.1, 0.15) is 25.7 Å². The molecule has 5 nitrogen and oxygen atoms in total. The fourth-order valence-electron chi connectivity index (χ4n) is 2.96. The summed E-state index contributed by atoms with van der Waals surface area (Å²) in [5.41, 5.74) is -0.0238. The van der Waals surface area contributed by atoms with Gasteiger partial charge in [-0.05, 0) is 25.8 Å². The molecule has 2 N–H and O–H groups in total. The lowest BCUT2D eigenvalue weighted by Crippen LogP contribution is -2.46. The molecule has 2 fully saturated rings. The van der Waals surface area contributed by atoms with E-state index in [1.807, 2.05) is 0 Å². The van der Waals surface area contributed by atoms with Crippen LogP contribution < -0.4 is 5.32 Å². The molecule has 1 atom stereocenters. The summed E-state index contributed by atoms with van der Waals surface area (Å²) >= 11 is 0. The van der Waals surface area contributed by atoms with Crippen LogP contribution in [0.3, 0.4) is 0 Å². The number of ether oxygens (including phenoxy) is 1. The highest BCUT2D eigenvalue weighted by atomic mass is 16.5. The van der Waals surface area contributed by atoms with Crippen molar-refractivity contribution in [3.8, 4) is 0 Å². The van der Waals surface area contributed by atoms with Gasteiger partial charge in [0.25, 0.3) is 0 Å². The molecule has 110 valence electrons. The predicted molar refractivity (Wildman–Crippen MR) is 72.8 cm³/mol. The van der Waals surface area contributed by atoms with Crippen LogP contribution in [0.2, 0.25) is 0 Å². The molecule has 1 saturated carbocycles. The minimum atomic E-state index is -0.0238. The third kappa shape index (κ3) is 3.68. The van der Waals surface area contributed by atoms with E-state index in [4.69, 9.17) is 4.74 Å². The van der Waals surface area contributed by atoms with Crippen LogP contribution in [0.25, 0.3) is 0 Å². The zero-order valence-corrected chi connectivity index (χ0v) is 11.9. The number of amides is 1. The van der Waals surface area contributed by atoms with Crippen molar-refractivity contribution in [2.75, 3.05) is 46.5 Å². The second kappa shape index (κ2) is 6.68. The second-order valence-corrected chi connectivity index (χ2v) is 6.01. The number of aliphatic hydroxyl groups excluding tert-OH is 1. The summed E-state index contributed by atoms with van der Waals surface area (Å²) in [6.45, 7) is 4.27. The summed E-state index contributed by atoms with van der Waals surface area (Å²) < 4.78 is 5.06. The number of carbonyl (C=O) groups excluding carboxylic acids is 1. The Hall–Kier alpha value is -0.650. The van der Waals surface area contributed by atoms with Crippen LogP contribution >= 0.6 is 0 Å². The van der Waals surface area contributed by atoms with Gasteiger partial charge in [-0.3, -0.25) is 4.79 Å². The Labute approximate surface area is 115 Å². The number of hydrogen-bond donors (Lipinski definition) is 2. The molecule has 0 radical (unpaired) electrons. The molecule has 1 aliphatic heterocycles. The fraction of sp³-hybridized carbons (Fsp3) is 0.929. The lowest BCUT2D eigenvalue weighted by Gasteiger charge is -2.40. The van der Waals surface area contributed by atoms with Crippen molar-refractivity contribution in [1.29, 1.82) is 0 Å². The van der Waals surface area contributed by atoms with Gasteiger partial charge >= 0.3 is 0 Å². The molecule has 1 amide bonds. The summed E-state index contributed by atoms with van der Waals surface area (Å²) in [6.07, 6.45) is 4.18. The van der Waals surface area contributed by atoms with E-state index in [0.717, 1.165) is 45.5 Å². The quantitative estimate of drug-likeness (QED) is 0.695. The van der Waals surface area contributed by atoms with Gasteiger partial charge in [0.15, 0.2) is 0 Å². The lowest BCUT2D eigenvalue weighted by molar-refractivity contribution is -0.125. The summed E-state index contributed by atoms with van der Waals surface area (Å²) in [7, 11) is 1.70. The molecule has 19 heavy (non-hydrogen) atoms. The highest BCUT2D eigenvalue weighted by molar-refractivity contribution is 5.79. The first-order valence-electron chi connectivity index (χ1n) is 7.29. The van der Waals surface area contributed by atoms with E-state index in [-0.39, 0.29) is 23.8 Å². The van der Waals surface area contributed by atoms with E-state index in [2.05, 4.69) is 10.2 Å². The van der Waals surface area contributed by atoms with Crippen molar-refractivity contribution in [1.82, 2.24) is 10.2 Å². The minimum absolute atomic E-state index is 0.0238. The van der Waals surface area contributed by atoms with Crippen LogP contribution in [0.15, 0.2) is 0 Å². The standard InChI is InChI=1S/C14H26N2O3/c1-19-8-7-16-6-3-12(9-16)13(18)15-10-14(11-17)4-2-5-14/h12,17H,2-11H2,1H3,(H,15,18)/t12-/m0/s1. The number of likely N-dealkylation sites (tertiary alicyclic amines) is 1. The third-order valence-corrected chi connectivity index (χ3v) is 4.64. The van der Waals surface area contributed by atoms with Crippen LogP contribution in [0.5, 0.6) is 0 Å². The number of aliphatic hydroxyl groups is 1. The molecule has 0 aromatic heterocycles. The van der Waals surface area contributed by atoms with E-state index in [1.54, 1.807) is 7.11 Å². The van der Waals surface area contributed by atoms with E-state index in [1.165, 1.54) is 6.42 Å². The maximum absolute atomic E-state index is 12.1. The molecule has 5 heteroatoms. The first-order valence-corrected chi connectivity index (χ1v) is 7.29. The largest absolute Gasteiger partial charge is 0.396 e. The van der Waals surface area contributed by atoms with Crippen LogP contribution in [0.4, 0.5) is 0 Å². The van der Waals surface area contributed by atoms with Crippen molar-refractivity contribution < 1.29 is 14.6 Å². The maximum Gasteiger partial charge on any atom is 0.224 e. The smallest absolute Gasteiger partial charge is 0.224 e. The maximum atomic E-state index is 12.1. The fourth-order valence-corrected chi connectivity index (χ4v) is 2.96. The number of methoxy groups -OCH3 is 1. The Morgan fingerprint density at radius 3 is 2.89 bits per heavy atom. The van der Waals surface area contributed by atoms with Gasteiger partial charge in [0.1, 0.15) is 0 Å². The third-order valence-electron chi connectivity index (χ3n) is 4.64. The Bertz CT molecular complexity index is 300. The average Bonchev–Trinajstić information content (AvgIpc) is 2.84. The molecular weight excluding hydrogens is 244 g/mol. The Morgan fingerprint density at radius 1 is 1.53 bits per heavy atom. The van der Waals surface area contributed by atoms with Gasteiger partial charge in [-0.15, -0.1) is 0 Å². The number of hydrogen-bond acceptors (Lipinski definition) is 4. The van der Waals surface area contributed by atoms with E-state index < -0.39 is 0 Å². The van der Waals surface area contributed by atoms with Gasteiger partial charge in [-0.1, -0.05) is 6.42 Å². The first-order chi connectivity index (χ1) is 9.19. The zero-order chi connectivity index (χ0) is 13.7. The number of nitrogens with zero attached hydrogens (tertiary/aromatic N) is 1. The Kier molecular flexibility index (Phi) is 5.19. The van der Waals surface area contributed by atoms with Crippen molar-refractivity contribution in [3.63, 3.8) is 0 Å². The number of nitrogens with one attached hydrogen (secondary N) is 1. The molecule has 0 unspecified atom stereocenters. The molecule has 0 spiro atoms. The van der Waals surface area contributed by atoms with E-state index in [0.29, 0.717) is 6.54 Å². The number of carbonyl (C=O) groups is 1. The van der Waals surface area contributed by atoms with Crippen LogP contribution in [-0.4, -0.2) is 62.4 Å². The molecule has 0 aromatic carbocycles. The van der Waals surface area contributed by atoms with Crippen molar-refractivity contribution in [2.45, 2.75) is 25.7 Å². The topological polar surface area (TPSA) is 61.8 Å². The molecule has 1 saturated heterocycles. The van der Waals surface area contributed by atoms with Gasteiger partial charge in [0.05, 0.1) is 19.1 Å². The summed E-state index contributed by atoms with van der Waals surface area (Å²) in [5.74, 6) is 0.257. The average molecular weight is 270 g/mol. The minimum Gasteiger partial charge on any atom is -0.396 e. The first kappa shape index (κ1) is 14.8. The Balaban J connectivity index is 1.69. The number of rotatable bonds is 7. The van der Waals surface area contributed by atoms with Crippen molar-refractivity contribution in [2.24, 2.45) is 11.3 Å². The van der Waals surface area contributed by atoms with Gasteiger partial charge in [0, 0.05) is 32.2 Å². The molecule has 2 rings (SSSR count). The summed E-state index contributed by atoms with van der Waals surface area (Å²) in [5, 5.41) is 12.4. The summed E-state index contributed by atoms with van der Waals surface area (Å²) in [6, 6.07) is 0. The highest BCUT2D eigenvalue weighted by Gasteiger charge is 2.37. The van der Waals surface area contributed by atoms with Gasteiger partial charge < -0.3 is 20.1 Å². The predicted octanol–water partition coefficient (Wildman–Crippen LogP) is 0.234. The zero-order valence-electron chi connectivity index (χ0n) is 11.9. The van der Waals surface area contributed by atoms with Crippen LogP contribution in [0, 0.1) is 11.3 Å². The van der Waals surface area contributed by atoms with Crippen molar-refractivity contribution >= 4 is 5.91 Å². The normalized spacial score (nSPS) is 26.1. The van der Waals surface area contributed by atoms with Crippen molar-refractivity contribution in [3.05, 3.63) is 0 Å². The molecule has 1 heterocycles. The van der Waals surface area contributed by atoms with E-state index in [9.17, 15) is 9.90 Å². The van der Waals surface area contributed by atoms with Gasteiger partial charge in [0.2, 0.25) is 5.91 Å². The van der Waals surface area contributed by atoms with Gasteiger partial charge in [-0.25, -0.2) is 0 Å².